The molecule has 4 nitrogen and oxygen atoms in total. The van der Waals surface area contributed by atoms with Crippen LogP contribution < -0.4 is 0 Å². The van der Waals surface area contributed by atoms with Crippen molar-refractivity contribution in [2.45, 2.75) is 37.4 Å². The second-order valence-corrected chi connectivity index (χ2v) is 9.90. The lowest BCUT2D eigenvalue weighted by atomic mass is 9.82. The highest BCUT2D eigenvalue weighted by molar-refractivity contribution is 7.89. The average Bonchev–Trinajstić information content (AvgIpc) is 3.09. The van der Waals surface area contributed by atoms with Crippen molar-refractivity contribution in [1.82, 2.24) is 4.31 Å². The molecule has 0 N–H and O–H groups in total. The number of hydrogen-bond donors (Lipinski definition) is 0. The van der Waals surface area contributed by atoms with Gasteiger partial charge in [0.2, 0.25) is 10.0 Å². The van der Waals surface area contributed by atoms with Crippen molar-refractivity contribution in [3.63, 3.8) is 0 Å². The highest BCUT2D eigenvalue weighted by Gasteiger charge is 2.47. The lowest BCUT2D eigenvalue weighted by molar-refractivity contribution is -0.0889. The van der Waals surface area contributed by atoms with Gasteiger partial charge in [0.05, 0.1) is 10.5 Å². The van der Waals surface area contributed by atoms with Gasteiger partial charge in [-0.1, -0.05) is 54.1 Å². The molecule has 2 heterocycles. The molecule has 0 saturated carbocycles. The topological polar surface area (TPSA) is 46.6 Å². The Labute approximate surface area is 161 Å². The van der Waals surface area contributed by atoms with Crippen LogP contribution in [0.4, 0.5) is 0 Å². The molecule has 0 aromatic heterocycles. The summed E-state index contributed by atoms with van der Waals surface area (Å²) in [5.74, 6) is 0.0673. The molecular weight excluding hydrogens is 358 g/mol. The monoisotopic (exact) mass is 383 g/mol. The molecule has 4 rings (SSSR count). The SMILES string of the molecule is Cc1ccc(S(=O)(=O)N2CC3=C[C@@H](c4ccccc4)OC(C)(C)[C@@H]3C2)cc1. The minimum Gasteiger partial charge on any atom is -0.363 e. The molecule has 2 aliphatic heterocycles. The molecule has 5 heteroatoms. The first-order valence-corrected chi connectivity index (χ1v) is 10.7. The van der Waals surface area contributed by atoms with E-state index in [9.17, 15) is 8.42 Å². The Balaban J connectivity index is 1.66. The van der Waals surface area contributed by atoms with Gasteiger partial charge in [-0.05, 0) is 44.0 Å². The predicted molar refractivity (Wildman–Crippen MR) is 106 cm³/mol. The van der Waals surface area contributed by atoms with Crippen molar-refractivity contribution in [2.75, 3.05) is 13.1 Å². The van der Waals surface area contributed by atoms with Gasteiger partial charge in [-0.3, -0.25) is 0 Å². The Kier molecular flexibility index (Phi) is 4.49. The smallest absolute Gasteiger partial charge is 0.243 e. The van der Waals surface area contributed by atoms with Crippen LogP contribution in [0.2, 0.25) is 0 Å². The number of fused-ring (bicyclic) bond motifs is 1. The van der Waals surface area contributed by atoms with Gasteiger partial charge < -0.3 is 4.74 Å². The van der Waals surface area contributed by atoms with Crippen molar-refractivity contribution in [1.29, 1.82) is 0 Å². The summed E-state index contributed by atoms with van der Waals surface area (Å²) in [6.07, 6.45) is 1.96. The lowest BCUT2D eigenvalue weighted by Crippen LogP contribution is -2.41. The fraction of sp³-hybridized carbons (Fsp3) is 0.364. The number of aryl methyl sites for hydroxylation is 1. The molecule has 142 valence electrons. The van der Waals surface area contributed by atoms with E-state index in [2.05, 4.69) is 19.9 Å². The van der Waals surface area contributed by atoms with Crippen LogP contribution in [0.3, 0.4) is 0 Å². The molecule has 0 spiro atoms. The Morgan fingerprint density at radius 1 is 1.04 bits per heavy atom. The van der Waals surface area contributed by atoms with E-state index in [0.29, 0.717) is 18.0 Å². The molecule has 2 aromatic carbocycles. The molecule has 2 aromatic rings. The minimum atomic E-state index is -3.51. The molecule has 27 heavy (non-hydrogen) atoms. The first kappa shape index (κ1) is 18.4. The third-order valence-corrected chi connectivity index (χ3v) is 7.44. The maximum Gasteiger partial charge on any atom is 0.243 e. The van der Waals surface area contributed by atoms with E-state index in [1.54, 1.807) is 16.4 Å². The second-order valence-electron chi connectivity index (χ2n) is 7.96. The predicted octanol–water partition coefficient (Wildman–Crippen LogP) is 4.09. The summed E-state index contributed by atoms with van der Waals surface area (Å²) >= 11 is 0. The Bertz CT molecular complexity index is 962. The molecule has 1 saturated heterocycles. The van der Waals surface area contributed by atoms with Gasteiger partial charge in [-0.15, -0.1) is 0 Å². The molecule has 0 unspecified atom stereocenters. The number of benzene rings is 2. The molecular formula is C22H25NO3S. The van der Waals surface area contributed by atoms with Gasteiger partial charge in [0, 0.05) is 19.0 Å². The van der Waals surface area contributed by atoms with E-state index in [-0.39, 0.29) is 12.0 Å². The summed E-state index contributed by atoms with van der Waals surface area (Å²) in [5, 5.41) is 0. The Morgan fingerprint density at radius 2 is 1.70 bits per heavy atom. The van der Waals surface area contributed by atoms with E-state index in [4.69, 9.17) is 4.74 Å². The number of sulfonamides is 1. The van der Waals surface area contributed by atoms with E-state index in [1.165, 1.54) is 0 Å². The van der Waals surface area contributed by atoms with Crippen molar-refractivity contribution in [2.24, 2.45) is 5.92 Å². The van der Waals surface area contributed by atoms with Gasteiger partial charge in [0.25, 0.3) is 0 Å². The fourth-order valence-corrected chi connectivity index (χ4v) is 5.46. The van der Waals surface area contributed by atoms with Crippen LogP contribution in [-0.2, 0) is 14.8 Å². The van der Waals surface area contributed by atoms with Crippen LogP contribution in [-0.4, -0.2) is 31.4 Å². The maximum atomic E-state index is 13.1. The summed E-state index contributed by atoms with van der Waals surface area (Å²) in [4.78, 5) is 0.352. The van der Waals surface area contributed by atoms with Crippen molar-refractivity contribution in [3.8, 4) is 0 Å². The number of hydrogen-bond acceptors (Lipinski definition) is 3. The van der Waals surface area contributed by atoms with Gasteiger partial charge in [0.15, 0.2) is 0 Å². The quantitative estimate of drug-likeness (QED) is 0.750. The van der Waals surface area contributed by atoms with Crippen LogP contribution in [0.5, 0.6) is 0 Å². The van der Waals surface area contributed by atoms with Crippen LogP contribution in [0, 0.1) is 12.8 Å². The fourth-order valence-electron chi connectivity index (χ4n) is 4.02. The zero-order chi connectivity index (χ0) is 19.2. The second kappa shape index (κ2) is 6.59. The van der Waals surface area contributed by atoms with E-state index in [1.807, 2.05) is 49.4 Å². The van der Waals surface area contributed by atoms with Crippen LogP contribution >= 0.6 is 0 Å². The molecule has 0 aliphatic carbocycles. The van der Waals surface area contributed by atoms with E-state index >= 15 is 0 Å². The molecule has 2 aliphatic rings. The molecule has 2 atom stereocenters. The summed E-state index contributed by atoms with van der Waals surface area (Å²) in [6, 6.07) is 17.1. The first-order valence-electron chi connectivity index (χ1n) is 9.27. The zero-order valence-corrected chi connectivity index (χ0v) is 16.7. The third kappa shape index (κ3) is 3.35. The lowest BCUT2D eigenvalue weighted by Gasteiger charge is -2.39. The number of nitrogens with zero attached hydrogens (tertiary/aromatic N) is 1. The highest BCUT2D eigenvalue weighted by atomic mass is 32.2. The molecule has 1 fully saturated rings. The first-order chi connectivity index (χ1) is 12.8. The van der Waals surface area contributed by atoms with E-state index in [0.717, 1.165) is 16.7 Å². The maximum absolute atomic E-state index is 13.1. The van der Waals surface area contributed by atoms with Crippen LogP contribution in [0.15, 0.2) is 71.1 Å². The Hall–Kier alpha value is -1.95. The van der Waals surface area contributed by atoms with E-state index < -0.39 is 15.6 Å². The zero-order valence-electron chi connectivity index (χ0n) is 15.9. The standard InChI is InChI=1S/C22H25NO3S/c1-16-9-11-19(12-10-16)27(24,25)23-14-18-13-21(17-7-5-4-6-8-17)26-22(2,3)20(18)15-23/h4-13,20-21H,14-15H2,1-3H3/t20-,21+/m1/s1. The highest BCUT2D eigenvalue weighted by Crippen LogP contribution is 2.44. The average molecular weight is 384 g/mol. The van der Waals surface area contributed by atoms with Gasteiger partial charge in [-0.2, -0.15) is 4.31 Å². The van der Waals surface area contributed by atoms with Crippen molar-refractivity contribution in [3.05, 3.63) is 77.4 Å². The molecule has 0 amide bonds. The van der Waals surface area contributed by atoms with Gasteiger partial charge >= 0.3 is 0 Å². The van der Waals surface area contributed by atoms with Gasteiger partial charge in [0.1, 0.15) is 6.10 Å². The summed E-state index contributed by atoms with van der Waals surface area (Å²) < 4.78 is 34.2. The number of rotatable bonds is 3. The molecule has 0 radical (unpaired) electrons. The molecule has 0 bridgehead atoms. The summed E-state index contributed by atoms with van der Waals surface area (Å²) in [6.45, 7) is 6.95. The summed E-state index contributed by atoms with van der Waals surface area (Å²) in [5.41, 5.74) is 2.86. The normalized spacial score (nSPS) is 25.1. The summed E-state index contributed by atoms with van der Waals surface area (Å²) in [7, 11) is -3.51. The van der Waals surface area contributed by atoms with Gasteiger partial charge in [-0.25, -0.2) is 8.42 Å². The van der Waals surface area contributed by atoms with Crippen LogP contribution in [0.25, 0.3) is 0 Å². The van der Waals surface area contributed by atoms with Crippen molar-refractivity contribution < 1.29 is 13.2 Å². The number of ether oxygens (including phenoxy) is 1. The van der Waals surface area contributed by atoms with Crippen molar-refractivity contribution >= 4 is 10.0 Å². The van der Waals surface area contributed by atoms with Crippen LogP contribution in [0.1, 0.15) is 31.1 Å². The minimum absolute atomic E-state index is 0.0673. The largest absolute Gasteiger partial charge is 0.363 e. The third-order valence-electron chi connectivity index (χ3n) is 5.61. The Morgan fingerprint density at radius 3 is 2.37 bits per heavy atom.